The number of anilines is 4. The summed E-state index contributed by atoms with van der Waals surface area (Å²) in [6.07, 6.45) is 1.74. The van der Waals surface area contributed by atoms with Gasteiger partial charge < -0.3 is 30.1 Å². The first-order chi connectivity index (χ1) is 20.1. The highest BCUT2D eigenvalue weighted by Gasteiger charge is 2.57. The van der Waals surface area contributed by atoms with Crippen LogP contribution in [-0.2, 0) is 20.9 Å². The number of halogens is 3. The lowest BCUT2D eigenvalue weighted by Gasteiger charge is -2.62. The second-order valence-electron chi connectivity index (χ2n) is 12.1. The van der Waals surface area contributed by atoms with Gasteiger partial charge in [-0.3, -0.25) is 4.90 Å². The maximum atomic E-state index is 16.3. The Balaban J connectivity index is 1.61. The van der Waals surface area contributed by atoms with Crippen molar-refractivity contribution in [2.24, 2.45) is 0 Å². The zero-order valence-electron chi connectivity index (χ0n) is 24.8. The zero-order valence-corrected chi connectivity index (χ0v) is 25.6. The number of benzene rings is 2. The van der Waals surface area contributed by atoms with Crippen LogP contribution in [0.1, 0.15) is 50.8 Å². The quantitative estimate of drug-likeness (QED) is 0.320. The molecule has 3 aliphatic heterocycles. The minimum atomic E-state index is -0.730. The number of aliphatic hydroxyl groups excluding tert-OH is 1. The van der Waals surface area contributed by atoms with Crippen LogP contribution in [0.15, 0.2) is 30.5 Å². The monoisotopic (exact) mass is 616 g/mol. The third-order valence-electron chi connectivity index (χ3n) is 8.09. The summed E-state index contributed by atoms with van der Waals surface area (Å²) in [4.78, 5) is 30.7. The molecule has 1 spiro atoms. The predicted molar refractivity (Wildman–Crippen MR) is 161 cm³/mol. The van der Waals surface area contributed by atoms with Crippen LogP contribution in [0.2, 0.25) is 5.02 Å². The summed E-state index contributed by atoms with van der Waals surface area (Å²) in [5.41, 5.74) is 6.05. The van der Waals surface area contributed by atoms with Gasteiger partial charge in [0.05, 0.1) is 52.1 Å². The fourth-order valence-corrected chi connectivity index (χ4v) is 6.29. The van der Waals surface area contributed by atoms with E-state index in [1.165, 1.54) is 17.2 Å². The van der Waals surface area contributed by atoms with Gasteiger partial charge in [-0.2, -0.15) is 0 Å². The van der Waals surface area contributed by atoms with Crippen molar-refractivity contribution in [1.29, 1.82) is 0 Å². The van der Waals surface area contributed by atoms with Crippen molar-refractivity contribution in [2.45, 2.75) is 58.8 Å². The molecule has 0 atom stereocenters. The molecule has 1 amide bonds. The Morgan fingerprint density at radius 3 is 2.44 bits per heavy atom. The van der Waals surface area contributed by atoms with E-state index >= 15 is 4.39 Å². The van der Waals surface area contributed by atoms with Gasteiger partial charge in [0.1, 0.15) is 11.4 Å². The molecule has 0 aromatic heterocycles. The molecule has 12 heteroatoms. The van der Waals surface area contributed by atoms with Gasteiger partial charge in [-0.05, 0) is 64.3 Å². The van der Waals surface area contributed by atoms with Crippen LogP contribution in [0.25, 0.3) is 5.57 Å². The number of carbonyl (C=O) groups excluding carboxylic acids is 2. The Morgan fingerprint density at radius 2 is 1.88 bits per heavy atom. The van der Waals surface area contributed by atoms with Crippen molar-refractivity contribution in [3.8, 4) is 0 Å². The molecule has 0 aliphatic carbocycles. The molecule has 43 heavy (non-hydrogen) atoms. The van der Waals surface area contributed by atoms with E-state index < -0.39 is 41.4 Å². The number of likely N-dealkylation sites (tertiary alicyclic amines) is 1. The number of ether oxygens (including phenoxy) is 2. The van der Waals surface area contributed by atoms with Gasteiger partial charge in [-0.1, -0.05) is 18.2 Å². The fourth-order valence-electron chi connectivity index (χ4n) is 5.90. The highest BCUT2D eigenvalue weighted by molar-refractivity contribution is 6.37. The van der Waals surface area contributed by atoms with Gasteiger partial charge in [0.15, 0.2) is 5.82 Å². The van der Waals surface area contributed by atoms with Gasteiger partial charge >= 0.3 is 12.1 Å². The number of hydrogen-bond acceptors (Lipinski definition) is 8. The highest BCUT2D eigenvalue weighted by Crippen LogP contribution is 2.54. The first-order valence-electron chi connectivity index (χ1n) is 14.0. The number of amides is 1. The van der Waals surface area contributed by atoms with Crippen LogP contribution in [0, 0.1) is 18.6 Å². The maximum Gasteiger partial charge on any atom is 0.410 e. The third kappa shape index (κ3) is 4.98. The molecule has 2 fully saturated rings. The molecular formula is C31H35ClF2N4O5. The summed E-state index contributed by atoms with van der Waals surface area (Å²) in [6.45, 7) is 13.4. The van der Waals surface area contributed by atoms with Gasteiger partial charge in [-0.15, -0.1) is 0 Å². The second kappa shape index (κ2) is 10.7. The largest absolute Gasteiger partial charge is 0.462 e. The molecule has 3 N–H and O–H groups in total. The lowest BCUT2D eigenvalue weighted by molar-refractivity contribution is -0.138. The van der Waals surface area contributed by atoms with Crippen LogP contribution < -0.4 is 15.5 Å². The standard InChI is InChI=1S/C31H35ClF2N4O5/c1-7-42-28(40)19-12-37(22-11-21(35)20(33)10-18(22)13-39)26-23(16(19)2)17(3)25(34)27(24(26)32)36-14-31(15-36)8-9-38(31)29(41)43-30(4,5)6/h10-12,39H,2,7-9,13-15,35H2,1,3-6H3. The van der Waals surface area contributed by atoms with Crippen molar-refractivity contribution in [2.75, 3.05) is 41.8 Å². The summed E-state index contributed by atoms with van der Waals surface area (Å²) in [6, 6.07) is 2.41. The molecule has 2 aromatic rings. The SMILES string of the molecule is C=C1C(C(=O)OCC)=CN(c2cc(N)c(F)cc2CO)c2c(Cl)c(N3CC4(CCN4C(=O)OC(C)(C)C)C3)c(F)c(C)c21. The molecule has 0 radical (unpaired) electrons. The van der Waals surface area contributed by atoms with Crippen LogP contribution in [0.5, 0.6) is 0 Å². The Morgan fingerprint density at radius 1 is 1.21 bits per heavy atom. The van der Waals surface area contributed by atoms with Crippen molar-refractivity contribution in [3.05, 3.63) is 63.8 Å². The summed E-state index contributed by atoms with van der Waals surface area (Å²) in [5.74, 6) is -2.03. The first-order valence-corrected chi connectivity index (χ1v) is 14.4. The molecule has 5 rings (SSSR count). The van der Waals surface area contributed by atoms with E-state index in [0.29, 0.717) is 19.6 Å². The van der Waals surface area contributed by atoms with Crippen LogP contribution in [0.4, 0.5) is 36.3 Å². The fraction of sp³-hybridized carbons (Fsp3) is 0.419. The molecule has 2 saturated heterocycles. The topological polar surface area (TPSA) is 109 Å². The molecule has 2 aromatic carbocycles. The number of esters is 1. The molecule has 9 nitrogen and oxygen atoms in total. The number of fused-ring (bicyclic) bond motifs is 1. The van der Waals surface area contributed by atoms with Gasteiger partial charge in [0.2, 0.25) is 0 Å². The lowest BCUT2D eigenvalue weighted by Crippen LogP contribution is -2.78. The molecule has 0 unspecified atom stereocenters. The number of nitrogen functional groups attached to an aromatic ring is 1. The third-order valence-corrected chi connectivity index (χ3v) is 8.45. The molecule has 0 bridgehead atoms. The molecule has 230 valence electrons. The summed E-state index contributed by atoms with van der Waals surface area (Å²) >= 11 is 7.03. The summed E-state index contributed by atoms with van der Waals surface area (Å²) in [5, 5.41) is 10.1. The van der Waals surface area contributed by atoms with Crippen LogP contribution >= 0.6 is 11.6 Å². The Hall–Kier alpha value is -3.83. The molecule has 0 saturated carbocycles. The average molecular weight is 617 g/mol. The second-order valence-corrected chi connectivity index (χ2v) is 12.4. The number of hydrogen-bond donors (Lipinski definition) is 2. The Labute approximate surface area is 254 Å². The van der Waals surface area contributed by atoms with Crippen molar-refractivity contribution < 1.29 is 33.0 Å². The van der Waals surface area contributed by atoms with Gasteiger partial charge in [0, 0.05) is 37.0 Å². The number of nitrogens with two attached hydrogens (primary N) is 1. The van der Waals surface area contributed by atoms with Crippen LogP contribution in [0.3, 0.4) is 0 Å². The molecular weight excluding hydrogens is 582 g/mol. The van der Waals surface area contributed by atoms with E-state index in [1.54, 1.807) is 44.4 Å². The maximum absolute atomic E-state index is 16.3. The van der Waals surface area contributed by atoms with Gasteiger partial charge in [-0.25, -0.2) is 18.4 Å². The summed E-state index contributed by atoms with van der Waals surface area (Å²) < 4.78 is 41.5. The highest BCUT2D eigenvalue weighted by atomic mass is 35.5. The van der Waals surface area contributed by atoms with Crippen molar-refractivity contribution >= 4 is 52.0 Å². The predicted octanol–water partition coefficient (Wildman–Crippen LogP) is 5.81. The lowest BCUT2D eigenvalue weighted by atomic mass is 9.77. The van der Waals surface area contributed by atoms with E-state index in [1.807, 2.05) is 0 Å². The van der Waals surface area contributed by atoms with E-state index in [-0.39, 0.29) is 62.2 Å². The smallest absolute Gasteiger partial charge is 0.410 e. The van der Waals surface area contributed by atoms with Crippen molar-refractivity contribution in [1.82, 2.24) is 4.90 Å². The van der Waals surface area contributed by atoms with E-state index in [2.05, 4.69) is 6.58 Å². The summed E-state index contributed by atoms with van der Waals surface area (Å²) in [7, 11) is 0. The number of carbonyl (C=O) groups is 2. The number of rotatable bonds is 5. The Kier molecular flexibility index (Phi) is 7.63. The minimum Gasteiger partial charge on any atom is -0.462 e. The Bertz CT molecular complexity index is 1580. The number of aliphatic hydroxyl groups is 1. The normalized spacial score (nSPS) is 17.3. The first kappa shape index (κ1) is 30.6. The number of nitrogens with zero attached hydrogens (tertiary/aromatic N) is 3. The van der Waals surface area contributed by atoms with E-state index in [4.69, 9.17) is 26.8 Å². The van der Waals surface area contributed by atoms with E-state index in [0.717, 1.165) is 12.5 Å². The minimum absolute atomic E-state index is 0.0168. The van der Waals surface area contributed by atoms with Crippen molar-refractivity contribution in [3.63, 3.8) is 0 Å². The molecule has 3 heterocycles. The van der Waals surface area contributed by atoms with E-state index in [9.17, 15) is 19.1 Å². The van der Waals surface area contributed by atoms with Crippen LogP contribution in [-0.4, -0.2) is 59.5 Å². The zero-order chi connectivity index (χ0) is 31.6. The van der Waals surface area contributed by atoms with Gasteiger partial charge in [0.25, 0.3) is 0 Å². The average Bonchev–Trinajstić information content (AvgIpc) is 2.87. The molecule has 3 aliphatic rings.